The molecule has 0 fully saturated rings. The van der Waals surface area contributed by atoms with E-state index in [4.69, 9.17) is 5.11 Å². The highest BCUT2D eigenvalue weighted by Gasteiger charge is 2.15. The molecule has 0 aliphatic carbocycles. The molecule has 0 saturated heterocycles. The lowest BCUT2D eigenvalue weighted by Crippen LogP contribution is -2.04. The Morgan fingerprint density at radius 2 is 2.00 bits per heavy atom. The molecule has 0 bridgehead atoms. The van der Waals surface area contributed by atoms with Crippen molar-refractivity contribution in [1.29, 1.82) is 0 Å². The number of carbonyl (C=O) groups is 1. The van der Waals surface area contributed by atoms with Crippen LogP contribution in [0.2, 0.25) is 0 Å². The van der Waals surface area contributed by atoms with Crippen LogP contribution in [0.5, 0.6) is 0 Å². The van der Waals surface area contributed by atoms with Gasteiger partial charge in [-0.3, -0.25) is 4.40 Å². The van der Waals surface area contributed by atoms with E-state index in [1.165, 1.54) is 21.2 Å². The maximum atomic E-state index is 13.2. The van der Waals surface area contributed by atoms with Crippen LogP contribution in [0.1, 0.15) is 10.5 Å². The molecule has 20 heavy (non-hydrogen) atoms. The highest BCUT2D eigenvalue weighted by Crippen LogP contribution is 2.22. The Labute approximate surface area is 111 Å². The molecule has 1 N–H and O–H groups in total. The third-order valence-corrected chi connectivity index (χ3v) is 3.07. The zero-order valence-corrected chi connectivity index (χ0v) is 10.3. The summed E-state index contributed by atoms with van der Waals surface area (Å²) in [6, 6.07) is 3.49. The average molecular weight is 277 g/mol. The van der Waals surface area contributed by atoms with E-state index in [1.807, 2.05) is 0 Å². The van der Waals surface area contributed by atoms with Gasteiger partial charge >= 0.3 is 5.97 Å². The lowest BCUT2D eigenvalue weighted by atomic mass is 10.1. The van der Waals surface area contributed by atoms with Crippen LogP contribution in [0.3, 0.4) is 0 Å². The molecule has 0 amide bonds. The van der Waals surface area contributed by atoms with Gasteiger partial charge in [0.05, 0.1) is 5.69 Å². The number of hydrogen-bond acceptors (Lipinski definition) is 2. The second-order valence-electron chi connectivity index (χ2n) is 4.34. The van der Waals surface area contributed by atoms with Crippen molar-refractivity contribution in [3.63, 3.8) is 0 Å². The molecule has 2 heterocycles. The van der Waals surface area contributed by atoms with Gasteiger partial charge in [-0.05, 0) is 18.2 Å². The fraction of sp³-hybridized carbons (Fsp3) is 0.0769. The molecule has 0 atom stereocenters. The zero-order chi connectivity index (χ0) is 14.4. The Hall–Kier alpha value is -2.70. The van der Waals surface area contributed by atoms with Gasteiger partial charge < -0.3 is 9.67 Å². The predicted octanol–water partition coefficient (Wildman–Crippen LogP) is 2.32. The van der Waals surface area contributed by atoms with Crippen molar-refractivity contribution in [3.8, 4) is 11.3 Å². The van der Waals surface area contributed by atoms with Crippen molar-refractivity contribution in [3.05, 3.63) is 47.9 Å². The molecule has 0 aliphatic rings. The van der Waals surface area contributed by atoms with Crippen LogP contribution in [-0.2, 0) is 7.05 Å². The first kappa shape index (κ1) is 12.3. The lowest BCUT2D eigenvalue weighted by Gasteiger charge is -1.98. The first-order valence-corrected chi connectivity index (χ1v) is 5.70. The second-order valence-corrected chi connectivity index (χ2v) is 4.34. The monoisotopic (exact) mass is 277 g/mol. The number of aromatic nitrogens is 3. The number of hydrogen-bond donors (Lipinski definition) is 1. The van der Waals surface area contributed by atoms with Crippen molar-refractivity contribution in [1.82, 2.24) is 14.0 Å². The summed E-state index contributed by atoms with van der Waals surface area (Å²) < 4.78 is 29.0. The van der Waals surface area contributed by atoms with E-state index >= 15 is 0 Å². The van der Waals surface area contributed by atoms with Crippen LogP contribution in [-0.4, -0.2) is 25.0 Å². The van der Waals surface area contributed by atoms with Gasteiger partial charge in [0.2, 0.25) is 5.78 Å². The number of aryl methyl sites for hydroxylation is 1. The fourth-order valence-corrected chi connectivity index (χ4v) is 2.05. The number of aromatic carboxylic acids is 1. The average Bonchev–Trinajstić information content (AvgIpc) is 2.93. The summed E-state index contributed by atoms with van der Waals surface area (Å²) in [4.78, 5) is 15.2. The largest absolute Gasteiger partial charge is 0.477 e. The SMILES string of the molecule is Cn1c(C(=O)O)cn2cc(-c3ccc(F)c(F)c3)nc12. The predicted molar refractivity (Wildman–Crippen MR) is 66.5 cm³/mol. The Morgan fingerprint density at radius 1 is 1.25 bits per heavy atom. The molecule has 102 valence electrons. The van der Waals surface area contributed by atoms with Crippen LogP contribution in [0, 0.1) is 11.6 Å². The maximum absolute atomic E-state index is 13.2. The van der Waals surface area contributed by atoms with Crippen LogP contribution in [0.15, 0.2) is 30.6 Å². The molecule has 2 aromatic heterocycles. The van der Waals surface area contributed by atoms with Gasteiger partial charge in [0, 0.05) is 25.0 Å². The molecule has 0 radical (unpaired) electrons. The number of imidazole rings is 2. The minimum Gasteiger partial charge on any atom is -0.477 e. The summed E-state index contributed by atoms with van der Waals surface area (Å²) >= 11 is 0. The minimum atomic E-state index is -1.06. The molecule has 0 aliphatic heterocycles. The lowest BCUT2D eigenvalue weighted by molar-refractivity contribution is 0.0686. The van der Waals surface area contributed by atoms with Crippen LogP contribution >= 0.6 is 0 Å². The molecule has 0 unspecified atom stereocenters. The summed E-state index contributed by atoms with van der Waals surface area (Å²) in [5.41, 5.74) is 0.945. The Balaban J connectivity index is 2.14. The van der Waals surface area contributed by atoms with Gasteiger partial charge in [0.15, 0.2) is 11.6 Å². The van der Waals surface area contributed by atoms with Gasteiger partial charge in [0.25, 0.3) is 0 Å². The normalized spacial score (nSPS) is 11.2. The molecular weight excluding hydrogens is 268 g/mol. The standard InChI is InChI=1S/C13H9F2N3O2/c1-17-11(12(19)20)6-18-5-10(16-13(17)18)7-2-3-8(14)9(15)4-7/h2-6H,1H3,(H,19,20). The molecule has 3 rings (SSSR count). The van der Waals surface area contributed by atoms with E-state index in [1.54, 1.807) is 13.2 Å². The van der Waals surface area contributed by atoms with Gasteiger partial charge in [-0.15, -0.1) is 0 Å². The molecule has 7 heteroatoms. The summed E-state index contributed by atoms with van der Waals surface area (Å²) in [7, 11) is 1.57. The highest BCUT2D eigenvalue weighted by molar-refractivity contribution is 5.86. The maximum Gasteiger partial charge on any atom is 0.354 e. The van der Waals surface area contributed by atoms with E-state index in [-0.39, 0.29) is 5.69 Å². The molecular formula is C13H9F2N3O2. The molecule has 3 aromatic rings. The van der Waals surface area contributed by atoms with Crippen LogP contribution < -0.4 is 0 Å². The first-order valence-electron chi connectivity index (χ1n) is 5.70. The van der Waals surface area contributed by atoms with Gasteiger partial charge in [-0.25, -0.2) is 18.6 Å². The summed E-state index contributed by atoms with van der Waals surface area (Å²) in [5.74, 6) is -2.54. The fourth-order valence-electron chi connectivity index (χ4n) is 2.05. The smallest absolute Gasteiger partial charge is 0.354 e. The Kier molecular flexibility index (Phi) is 2.56. The Bertz CT molecular complexity index is 836. The number of carboxylic acid groups (broad SMARTS) is 1. The zero-order valence-electron chi connectivity index (χ0n) is 10.3. The van der Waals surface area contributed by atoms with E-state index in [9.17, 15) is 13.6 Å². The van der Waals surface area contributed by atoms with Gasteiger partial charge in [-0.2, -0.15) is 0 Å². The van der Waals surface area contributed by atoms with Gasteiger partial charge in [0.1, 0.15) is 5.69 Å². The number of rotatable bonds is 2. The summed E-state index contributed by atoms with van der Waals surface area (Å²) in [5, 5.41) is 8.99. The third kappa shape index (κ3) is 1.75. The number of nitrogens with zero attached hydrogens (tertiary/aromatic N) is 3. The van der Waals surface area contributed by atoms with Gasteiger partial charge in [-0.1, -0.05) is 0 Å². The van der Waals surface area contributed by atoms with Crippen LogP contribution in [0.4, 0.5) is 8.78 Å². The quantitative estimate of drug-likeness (QED) is 0.782. The summed E-state index contributed by atoms with van der Waals surface area (Å²) in [6.45, 7) is 0. The van der Waals surface area contributed by atoms with Crippen molar-refractivity contribution < 1.29 is 18.7 Å². The number of halogens is 2. The third-order valence-electron chi connectivity index (χ3n) is 3.07. The van der Waals surface area contributed by atoms with E-state index in [2.05, 4.69) is 4.98 Å². The van der Waals surface area contributed by atoms with E-state index in [0.717, 1.165) is 12.1 Å². The van der Waals surface area contributed by atoms with E-state index in [0.29, 0.717) is 17.0 Å². The second kappa shape index (κ2) is 4.16. The molecule has 0 spiro atoms. The molecule has 0 saturated carbocycles. The highest BCUT2D eigenvalue weighted by atomic mass is 19.2. The first-order chi connectivity index (χ1) is 9.47. The van der Waals surface area contributed by atoms with Crippen molar-refractivity contribution in [2.75, 3.05) is 0 Å². The number of carboxylic acids is 1. The topological polar surface area (TPSA) is 59.5 Å². The van der Waals surface area contributed by atoms with Crippen LogP contribution in [0.25, 0.3) is 17.0 Å². The minimum absolute atomic E-state index is 0.0873. The number of fused-ring (bicyclic) bond motifs is 1. The van der Waals surface area contributed by atoms with Crippen molar-refractivity contribution in [2.45, 2.75) is 0 Å². The van der Waals surface area contributed by atoms with Crippen molar-refractivity contribution >= 4 is 11.7 Å². The molecule has 5 nitrogen and oxygen atoms in total. The Morgan fingerprint density at radius 3 is 2.60 bits per heavy atom. The van der Waals surface area contributed by atoms with E-state index < -0.39 is 17.6 Å². The van der Waals surface area contributed by atoms with Crippen molar-refractivity contribution in [2.24, 2.45) is 7.05 Å². The summed E-state index contributed by atoms with van der Waals surface area (Å²) in [6.07, 6.45) is 2.97. The molecule has 1 aromatic carbocycles. The number of benzene rings is 1.